The lowest BCUT2D eigenvalue weighted by atomic mass is 10.4. The van der Waals surface area contributed by atoms with Crippen LogP contribution in [0, 0.1) is 0 Å². The van der Waals surface area contributed by atoms with Crippen LogP contribution in [0.25, 0.3) is 0 Å². The zero-order valence-corrected chi connectivity index (χ0v) is 9.05. The second-order valence-electron chi connectivity index (χ2n) is 4.40. The Balaban J connectivity index is 2.18. The van der Waals surface area contributed by atoms with E-state index < -0.39 is 10.0 Å². The monoisotopic (exact) mass is 203 g/mol. The quantitative estimate of drug-likeness (QED) is 0.691. The van der Waals surface area contributed by atoms with Gasteiger partial charge in [-0.3, -0.25) is 0 Å². The highest BCUT2D eigenvalue weighted by molar-refractivity contribution is 7.90. The summed E-state index contributed by atoms with van der Waals surface area (Å²) in [6.45, 7) is 3.94. The van der Waals surface area contributed by atoms with Gasteiger partial charge in [0.1, 0.15) is 0 Å². The molecule has 0 heterocycles. The molecule has 0 aliphatic heterocycles. The molecule has 2 saturated carbocycles. The van der Waals surface area contributed by atoms with E-state index in [2.05, 4.69) is 0 Å². The summed E-state index contributed by atoms with van der Waals surface area (Å²) in [5, 5.41) is -0.0458. The predicted octanol–water partition coefficient (Wildman–Crippen LogP) is 1.35. The van der Waals surface area contributed by atoms with E-state index in [0.29, 0.717) is 6.04 Å². The molecule has 0 spiro atoms. The molecule has 0 aromatic heterocycles. The highest BCUT2D eigenvalue weighted by Gasteiger charge is 2.46. The first-order valence-electron chi connectivity index (χ1n) is 5.06. The Kier molecular flexibility index (Phi) is 2.15. The number of hydrogen-bond acceptors (Lipinski definition) is 2. The van der Waals surface area contributed by atoms with Gasteiger partial charge < -0.3 is 0 Å². The second-order valence-corrected chi connectivity index (χ2v) is 6.52. The standard InChI is InChI=1S/C9H17NO2S/c1-7(2)10(8-3-4-8)13(11,12)9-5-6-9/h7-9H,3-6H2,1-2H3. The molecule has 2 fully saturated rings. The van der Waals surface area contributed by atoms with Crippen molar-refractivity contribution >= 4 is 10.0 Å². The molecular weight excluding hydrogens is 186 g/mol. The Morgan fingerprint density at radius 3 is 2.00 bits per heavy atom. The van der Waals surface area contributed by atoms with E-state index in [-0.39, 0.29) is 11.3 Å². The first-order chi connectivity index (χ1) is 6.03. The number of sulfonamides is 1. The number of nitrogens with zero attached hydrogens (tertiary/aromatic N) is 1. The fraction of sp³-hybridized carbons (Fsp3) is 1.00. The second kappa shape index (κ2) is 2.95. The minimum absolute atomic E-state index is 0.0458. The van der Waals surface area contributed by atoms with E-state index in [9.17, 15) is 8.42 Å². The molecule has 0 amide bonds. The number of hydrogen-bond donors (Lipinski definition) is 0. The summed E-state index contributed by atoms with van der Waals surface area (Å²) < 4.78 is 25.6. The van der Waals surface area contributed by atoms with E-state index in [0.717, 1.165) is 25.7 Å². The summed E-state index contributed by atoms with van der Waals surface area (Å²) in [6, 6.07) is 0.462. The topological polar surface area (TPSA) is 37.4 Å². The predicted molar refractivity (Wildman–Crippen MR) is 51.9 cm³/mol. The Hall–Kier alpha value is -0.0900. The molecule has 2 aliphatic carbocycles. The van der Waals surface area contributed by atoms with Crippen LogP contribution in [0.2, 0.25) is 0 Å². The highest BCUT2D eigenvalue weighted by atomic mass is 32.2. The average molecular weight is 203 g/mol. The smallest absolute Gasteiger partial charge is 0.212 e. The molecule has 2 aliphatic rings. The fourth-order valence-corrected chi connectivity index (χ4v) is 4.08. The van der Waals surface area contributed by atoms with Crippen molar-refractivity contribution in [1.82, 2.24) is 4.31 Å². The zero-order valence-electron chi connectivity index (χ0n) is 8.23. The maximum Gasteiger partial charge on any atom is 0.217 e. The summed E-state index contributed by atoms with van der Waals surface area (Å²) in [5.74, 6) is 0. The van der Waals surface area contributed by atoms with Gasteiger partial charge >= 0.3 is 0 Å². The first kappa shape index (κ1) is 9.46. The van der Waals surface area contributed by atoms with Gasteiger partial charge in [-0.05, 0) is 39.5 Å². The third kappa shape index (κ3) is 1.74. The van der Waals surface area contributed by atoms with Crippen LogP contribution < -0.4 is 0 Å². The summed E-state index contributed by atoms with van der Waals surface area (Å²) in [7, 11) is -2.93. The van der Waals surface area contributed by atoms with Crippen molar-refractivity contribution in [2.24, 2.45) is 0 Å². The molecule has 0 aromatic rings. The molecule has 0 radical (unpaired) electrons. The molecule has 76 valence electrons. The highest BCUT2D eigenvalue weighted by Crippen LogP contribution is 2.38. The van der Waals surface area contributed by atoms with Gasteiger partial charge in [-0.1, -0.05) is 0 Å². The lowest BCUT2D eigenvalue weighted by molar-refractivity contribution is 0.345. The van der Waals surface area contributed by atoms with E-state index in [4.69, 9.17) is 0 Å². The van der Waals surface area contributed by atoms with Crippen LogP contribution >= 0.6 is 0 Å². The average Bonchev–Trinajstić information content (AvgIpc) is 2.82. The Labute approximate surface area is 80.2 Å². The molecule has 2 rings (SSSR count). The molecule has 0 bridgehead atoms. The van der Waals surface area contributed by atoms with Crippen molar-refractivity contribution in [3.8, 4) is 0 Å². The van der Waals surface area contributed by atoms with Gasteiger partial charge in [-0.2, -0.15) is 4.31 Å². The molecule has 0 saturated heterocycles. The summed E-state index contributed by atoms with van der Waals surface area (Å²) >= 11 is 0. The SMILES string of the molecule is CC(C)N(C1CC1)S(=O)(=O)C1CC1. The van der Waals surface area contributed by atoms with Gasteiger partial charge in [-0.15, -0.1) is 0 Å². The van der Waals surface area contributed by atoms with E-state index in [1.165, 1.54) is 0 Å². The summed E-state index contributed by atoms with van der Waals surface area (Å²) in [4.78, 5) is 0. The van der Waals surface area contributed by atoms with Crippen molar-refractivity contribution in [2.75, 3.05) is 0 Å². The van der Waals surface area contributed by atoms with Crippen LogP contribution in [0.3, 0.4) is 0 Å². The van der Waals surface area contributed by atoms with Crippen LogP contribution in [0.4, 0.5) is 0 Å². The Morgan fingerprint density at radius 2 is 1.69 bits per heavy atom. The molecule has 3 nitrogen and oxygen atoms in total. The Morgan fingerprint density at radius 1 is 1.15 bits per heavy atom. The first-order valence-corrected chi connectivity index (χ1v) is 6.56. The van der Waals surface area contributed by atoms with Gasteiger partial charge in [-0.25, -0.2) is 8.42 Å². The van der Waals surface area contributed by atoms with E-state index in [1.807, 2.05) is 13.8 Å². The molecule has 0 unspecified atom stereocenters. The van der Waals surface area contributed by atoms with Crippen LogP contribution in [-0.4, -0.2) is 30.1 Å². The van der Waals surface area contributed by atoms with Crippen molar-refractivity contribution in [1.29, 1.82) is 0 Å². The third-order valence-electron chi connectivity index (χ3n) is 2.66. The summed E-state index contributed by atoms with van der Waals surface area (Å²) in [5.41, 5.74) is 0. The maximum atomic E-state index is 11.9. The van der Waals surface area contributed by atoms with Crippen molar-refractivity contribution in [2.45, 2.75) is 56.9 Å². The van der Waals surface area contributed by atoms with Crippen LogP contribution in [0.1, 0.15) is 39.5 Å². The van der Waals surface area contributed by atoms with Crippen molar-refractivity contribution in [3.63, 3.8) is 0 Å². The molecule has 0 atom stereocenters. The van der Waals surface area contributed by atoms with Gasteiger partial charge in [0.25, 0.3) is 0 Å². The minimum Gasteiger partial charge on any atom is -0.212 e. The van der Waals surface area contributed by atoms with E-state index in [1.54, 1.807) is 4.31 Å². The van der Waals surface area contributed by atoms with Gasteiger partial charge in [0.15, 0.2) is 0 Å². The normalized spacial score (nSPS) is 24.3. The third-order valence-corrected chi connectivity index (χ3v) is 5.28. The van der Waals surface area contributed by atoms with Crippen molar-refractivity contribution < 1.29 is 8.42 Å². The lowest BCUT2D eigenvalue weighted by Crippen LogP contribution is -2.40. The molecule has 0 aromatic carbocycles. The van der Waals surface area contributed by atoms with Crippen LogP contribution in [0.5, 0.6) is 0 Å². The van der Waals surface area contributed by atoms with Crippen molar-refractivity contribution in [3.05, 3.63) is 0 Å². The van der Waals surface area contributed by atoms with Crippen LogP contribution in [0.15, 0.2) is 0 Å². The molecule has 0 N–H and O–H groups in total. The van der Waals surface area contributed by atoms with Gasteiger partial charge in [0, 0.05) is 12.1 Å². The zero-order chi connectivity index (χ0) is 9.64. The van der Waals surface area contributed by atoms with E-state index >= 15 is 0 Å². The fourth-order valence-electron chi connectivity index (χ4n) is 1.79. The number of rotatable bonds is 4. The summed E-state index contributed by atoms with van der Waals surface area (Å²) in [6.07, 6.45) is 3.87. The maximum absolute atomic E-state index is 11.9. The lowest BCUT2D eigenvalue weighted by Gasteiger charge is -2.25. The van der Waals surface area contributed by atoms with Crippen LogP contribution in [-0.2, 0) is 10.0 Å². The molecule has 13 heavy (non-hydrogen) atoms. The molecular formula is C9H17NO2S. The van der Waals surface area contributed by atoms with Gasteiger partial charge in [0.05, 0.1) is 5.25 Å². The Bertz CT molecular complexity index is 287. The largest absolute Gasteiger partial charge is 0.217 e. The molecule has 4 heteroatoms. The minimum atomic E-state index is -2.93. The van der Waals surface area contributed by atoms with Gasteiger partial charge in [0.2, 0.25) is 10.0 Å².